The van der Waals surface area contributed by atoms with E-state index in [1.807, 2.05) is 4.90 Å². The van der Waals surface area contributed by atoms with Crippen molar-refractivity contribution in [2.75, 3.05) is 26.2 Å². The molecule has 1 N–H and O–H groups in total. The number of amides is 1. The van der Waals surface area contributed by atoms with Crippen LogP contribution in [0.25, 0.3) is 0 Å². The lowest BCUT2D eigenvalue weighted by Gasteiger charge is -2.35. The molecule has 1 aromatic rings. The second-order valence-electron chi connectivity index (χ2n) is 5.74. The number of nitrogens with zero attached hydrogens (tertiary/aromatic N) is 3. The van der Waals surface area contributed by atoms with Crippen LogP contribution in [0.15, 0.2) is 40.5 Å². The maximum Gasteiger partial charge on any atom is 0.259 e. The number of carbonyl (C=O) groups excluding carboxylic acids is 1. The van der Waals surface area contributed by atoms with Gasteiger partial charge in [0, 0.05) is 25.3 Å². The molecular formula is C16H18N4O. The predicted molar refractivity (Wildman–Crippen MR) is 80.6 cm³/mol. The van der Waals surface area contributed by atoms with Gasteiger partial charge < -0.3 is 10.2 Å². The number of hydrogen-bond donors (Lipinski definition) is 1. The average Bonchev–Trinajstić information content (AvgIpc) is 3.13. The fourth-order valence-electron chi connectivity index (χ4n) is 3.17. The third kappa shape index (κ3) is 1.96. The van der Waals surface area contributed by atoms with Crippen LogP contribution in [0, 0.1) is 6.92 Å². The summed E-state index contributed by atoms with van der Waals surface area (Å²) in [5.74, 6) is 0.926. The Bertz CT molecular complexity index is 659. The molecule has 4 rings (SSSR count). The Morgan fingerprint density at radius 3 is 2.86 bits per heavy atom. The van der Waals surface area contributed by atoms with Gasteiger partial charge in [0.2, 0.25) is 5.96 Å². The molecule has 21 heavy (non-hydrogen) atoms. The predicted octanol–water partition coefficient (Wildman–Crippen LogP) is 0.866. The second-order valence-corrected chi connectivity index (χ2v) is 5.74. The van der Waals surface area contributed by atoms with Gasteiger partial charge in [-0.05, 0) is 12.5 Å². The van der Waals surface area contributed by atoms with Gasteiger partial charge in [-0.25, -0.2) is 0 Å². The Hall–Kier alpha value is -2.14. The number of fused-ring (bicyclic) bond motifs is 2. The molecule has 3 aliphatic heterocycles. The lowest BCUT2D eigenvalue weighted by atomic mass is 10.1. The number of guanidine groups is 1. The second kappa shape index (κ2) is 4.70. The molecule has 0 radical (unpaired) electrons. The molecule has 1 amide bonds. The van der Waals surface area contributed by atoms with Crippen molar-refractivity contribution in [1.29, 1.82) is 0 Å². The topological polar surface area (TPSA) is 47.9 Å². The maximum atomic E-state index is 12.7. The number of nitrogens with one attached hydrogen (secondary N) is 1. The van der Waals surface area contributed by atoms with E-state index in [-0.39, 0.29) is 5.91 Å². The van der Waals surface area contributed by atoms with Crippen molar-refractivity contribution in [2.24, 2.45) is 4.99 Å². The van der Waals surface area contributed by atoms with E-state index in [0.29, 0.717) is 13.1 Å². The van der Waals surface area contributed by atoms with Gasteiger partial charge in [0.15, 0.2) is 0 Å². The quantitative estimate of drug-likeness (QED) is 0.875. The average molecular weight is 282 g/mol. The number of rotatable bonds is 2. The Morgan fingerprint density at radius 1 is 1.24 bits per heavy atom. The summed E-state index contributed by atoms with van der Waals surface area (Å²) < 4.78 is 0. The summed E-state index contributed by atoms with van der Waals surface area (Å²) in [4.78, 5) is 21.3. The minimum Gasteiger partial charge on any atom is -0.312 e. The molecule has 0 spiro atoms. The molecule has 0 aliphatic carbocycles. The summed E-state index contributed by atoms with van der Waals surface area (Å²) in [5, 5.41) is 3.28. The summed E-state index contributed by atoms with van der Waals surface area (Å²) in [6.45, 7) is 5.75. The summed E-state index contributed by atoms with van der Waals surface area (Å²) >= 11 is 0. The molecule has 0 saturated heterocycles. The van der Waals surface area contributed by atoms with E-state index in [2.05, 4.69) is 46.4 Å². The first-order chi connectivity index (χ1) is 10.2. The van der Waals surface area contributed by atoms with Gasteiger partial charge in [-0.2, -0.15) is 0 Å². The zero-order valence-electron chi connectivity index (χ0n) is 12.1. The summed E-state index contributed by atoms with van der Waals surface area (Å²) in [6, 6.07) is 8.33. The van der Waals surface area contributed by atoms with Gasteiger partial charge in [0.05, 0.1) is 18.7 Å². The van der Waals surface area contributed by atoms with E-state index in [1.54, 1.807) is 0 Å². The zero-order valence-corrected chi connectivity index (χ0v) is 12.1. The first kappa shape index (κ1) is 12.6. The van der Waals surface area contributed by atoms with E-state index < -0.39 is 0 Å². The molecule has 5 nitrogen and oxygen atoms in total. The van der Waals surface area contributed by atoms with Gasteiger partial charge in [0.25, 0.3) is 5.91 Å². The van der Waals surface area contributed by atoms with Crippen LogP contribution in [0.3, 0.4) is 0 Å². The lowest BCUT2D eigenvalue weighted by Crippen LogP contribution is -2.49. The summed E-state index contributed by atoms with van der Waals surface area (Å²) in [5.41, 5.74) is 4.39. The van der Waals surface area contributed by atoms with Crippen LogP contribution in [-0.2, 0) is 11.3 Å². The Labute approximate surface area is 124 Å². The smallest absolute Gasteiger partial charge is 0.259 e. The van der Waals surface area contributed by atoms with Crippen LogP contribution in [0.1, 0.15) is 11.1 Å². The van der Waals surface area contributed by atoms with Gasteiger partial charge >= 0.3 is 0 Å². The summed E-state index contributed by atoms with van der Waals surface area (Å²) in [7, 11) is 0. The fraction of sp³-hybridized carbons (Fsp3) is 0.375. The number of hydrogen-bond acceptors (Lipinski definition) is 4. The van der Waals surface area contributed by atoms with E-state index in [1.165, 1.54) is 5.56 Å². The van der Waals surface area contributed by atoms with Crippen molar-refractivity contribution >= 4 is 11.9 Å². The highest BCUT2D eigenvalue weighted by molar-refractivity contribution is 6.10. The van der Waals surface area contributed by atoms with Crippen LogP contribution in [0.4, 0.5) is 0 Å². The molecule has 3 aliphatic rings. The molecule has 0 unspecified atom stereocenters. The van der Waals surface area contributed by atoms with Crippen molar-refractivity contribution in [3.05, 3.63) is 46.7 Å². The molecule has 0 aromatic heterocycles. The van der Waals surface area contributed by atoms with Crippen LogP contribution in [0.2, 0.25) is 0 Å². The van der Waals surface area contributed by atoms with Crippen LogP contribution in [0.5, 0.6) is 0 Å². The third-order valence-electron chi connectivity index (χ3n) is 4.29. The van der Waals surface area contributed by atoms with Crippen molar-refractivity contribution in [3.63, 3.8) is 0 Å². The van der Waals surface area contributed by atoms with Crippen LogP contribution in [-0.4, -0.2) is 47.8 Å². The highest BCUT2D eigenvalue weighted by Gasteiger charge is 2.40. The largest absolute Gasteiger partial charge is 0.312 e. The Kier molecular flexibility index (Phi) is 2.82. The van der Waals surface area contributed by atoms with Gasteiger partial charge in [0.1, 0.15) is 0 Å². The Balaban J connectivity index is 1.68. The fourth-order valence-corrected chi connectivity index (χ4v) is 3.17. The van der Waals surface area contributed by atoms with E-state index >= 15 is 0 Å². The molecular weight excluding hydrogens is 264 g/mol. The minimum absolute atomic E-state index is 0.104. The lowest BCUT2D eigenvalue weighted by molar-refractivity contribution is -0.124. The highest BCUT2D eigenvalue weighted by Crippen LogP contribution is 2.28. The molecule has 5 heteroatoms. The molecule has 3 heterocycles. The molecule has 1 aromatic carbocycles. The normalized spacial score (nSPS) is 20.8. The maximum absolute atomic E-state index is 12.7. The Morgan fingerprint density at radius 2 is 2.05 bits per heavy atom. The van der Waals surface area contributed by atoms with Crippen molar-refractivity contribution < 1.29 is 4.79 Å². The summed E-state index contributed by atoms with van der Waals surface area (Å²) in [6.07, 6.45) is 0. The molecule has 0 saturated carbocycles. The van der Waals surface area contributed by atoms with Crippen molar-refractivity contribution in [3.8, 4) is 0 Å². The van der Waals surface area contributed by atoms with E-state index in [9.17, 15) is 4.79 Å². The number of carbonyl (C=O) groups is 1. The first-order valence-corrected chi connectivity index (χ1v) is 7.36. The zero-order chi connectivity index (χ0) is 14.4. The van der Waals surface area contributed by atoms with Crippen molar-refractivity contribution in [2.45, 2.75) is 13.5 Å². The first-order valence-electron chi connectivity index (χ1n) is 7.36. The molecule has 0 atom stereocenters. The highest BCUT2D eigenvalue weighted by atomic mass is 16.2. The van der Waals surface area contributed by atoms with Gasteiger partial charge in [-0.1, -0.05) is 29.8 Å². The van der Waals surface area contributed by atoms with Crippen LogP contribution < -0.4 is 5.32 Å². The third-order valence-corrected chi connectivity index (χ3v) is 4.29. The van der Waals surface area contributed by atoms with Gasteiger partial charge in [-0.15, -0.1) is 0 Å². The van der Waals surface area contributed by atoms with Crippen LogP contribution >= 0.6 is 0 Å². The SMILES string of the molecule is Cc1ccc(CN2C(=O)C3=C(CNC3)N3CCN=C23)cc1. The van der Waals surface area contributed by atoms with Gasteiger partial charge in [-0.3, -0.25) is 14.7 Å². The molecule has 108 valence electrons. The van der Waals surface area contributed by atoms with E-state index in [0.717, 1.165) is 42.4 Å². The molecule has 0 fully saturated rings. The van der Waals surface area contributed by atoms with Crippen molar-refractivity contribution in [1.82, 2.24) is 15.1 Å². The monoisotopic (exact) mass is 282 g/mol. The number of benzene rings is 1. The van der Waals surface area contributed by atoms with E-state index in [4.69, 9.17) is 0 Å². The standard InChI is InChI=1S/C16H18N4O/c1-11-2-4-12(5-3-11)10-20-15(21)13-8-17-9-14(13)19-7-6-18-16(19)20/h2-5,17H,6-10H2,1H3. The minimum atomic E-state index is 0.104. The number of aryl methyl sites for hydroxylation is 1. The molecule has 0 bridgehead atoms. The number of aliphatic imine (C=N–C) groups is 1.